The van der Waals surface area contributed by atoms with E-state index in [1.54, 1.807) is 0 Å². The smallest absolute Gasteiger partial charge is 0.227 e. The summed E-state index contributed by atoms with van der Waals surface area (Å²) in [5.41, 5.74) is 8.85. The summed E-state index contributed by atoms with van der Waals surface area (Å²) in [5.74, 6) is 2.38. The van der Waals surface area contributed by atoms with Crippen LogP contribution in [0.3, 0.4) is 0 Å². The number of hydrogen-bond donors (Lipinski definition) is 0. The number of oxazole rings is 1. The Labute approximate surface area is 263 Å². The summed E-state index contributed by atoms with van der Waals surface area (Å²) < 4.78 is 12.2. The van der Waals surface area contributed by atoms with Gasteiger partial charge in [0.15, 0.2) is 23.1 Å². The summed E-state index contributed by atoms with van der Waals surface area (Å²) in [7, 11) is 0. The van der Waals surface area contributed by atoms with Gasteiger partial charge in [0, 0.05) is 33.0 Å². The number of furan rings is 1. The van der Waals surface area contributed by atoms with Gasteiger partial charge in [-0.1, -0.05) is 103 Å². The van der Waals surface area contributed by atoms with Crippen molar-refractivity contribution < 1.29 is 8.83 Å². The molecule has 0 fully saturated rings. The lowest BCUT2D eigenvalue weighted by atomic mass is 10.0. The first kappa shape index (κ1) is 26.0. The maximum absolute atomic E-state index is 6.18. The van der Waals surface area contributed by atoms with Crippen molar-refractivity contribution in [1.82, 2.24) is 19.9 Å². The van der Waals surface area contributed by atoms with E-state index in [4.69, 9.17) is 28.8 Å². The molecular weight excluding hydrogens is 568 g/mol. The van der Waals surface area contributed by atoms with Crippen LogP contribution in [0.5, 0.6) is 0 Å². The Morgan fingerprint density at radius 3 is 1.85 bits per heavy atom. The highest BCUT2D eigenvalue weighted by molar-refractivity contribution is 6.11. The molecule has 0 aliphatic heterocycles. The SMILES string of the molecule is c1ccc(-c2nc(-c3cccc(-c4ccc5oc(-c6ccccc6)nc5c4)c3)nc(-c3cccc4oc5ccccc5c34)n2)cc1. The molecule has 0 atom stereocenters. The van der Waals surface area contributed by atoms with E-state index in [2.05, 4.69) is 30.3 Å². The van der Waals surface area contributed by atoms with Crippen molar-refractivity contribution in [2.45, 2.75) is 0 Å². The minimum absolute atomic E-state index is 0.587. The van der Waals surface area contributed by atoms with Crippen LogP contribution in [0.4, 0.5) is 0 Å². The van der Waals surface area contributed by atoms with Crippen LogP contribution in [-0.4, -0.2) is 19.9 Å². The molecule has 0 aliphatic rings. The monoisotopic (exact) mass is 592 g/mol. The van der Waals surface area contributed by atoms with Crippen LogP contribution in [0.25, 0.3) is 89.8 Å². The first-order valence-corrected chi connectivity index (χ1v) is 15.1. The van der Waals surface area contributed by atoms with Crippen LogP contribution in [0.15, 0.2) is 154 Å². The van der Waals surface area contributed by atoms with Gasteiger partial charge in [-0.05, 0) is 53.6 Å². The van der Waals surface area contributed by atoms with Crippen LogP contribution < -0.4 is 0 Å². The molecule has 0 bridgehead atoms. The molecule has 6 aromatic carbocycles. The van der Waals surface area contributed by atoms with E-state index in [1.165, 1.54) is 0 Å². The molecule has 6 heteroatoms. The molecule has 46 heavy (non-hydrogen) atoms. The Kier molecular flexibility index (Phi) is 6.03. The standard InChI is InChI=1S/C40H24N4O2/c1-3-11-25(12-4-1)37-42-38(44-39(43-37)31-18-10-20-35-36(31)30-17-7-8-19-33(30)45-35)29-16-9-15-27(23-29)28-21-22-34-32(24-28)41-40(46-34)26-13-5-2-6-14-26/h1-24H. The first-order valence-electron chi connectivity index (χ1n) is 15.1. The summed E-state index contributed by atoms with van der Waals surface area (Å²) in [6.07, 6.45) is 0. The summed E-state index contributed by atoms with van der Waals surface area (Å²) in [5, 5.41) is 2.01. The zero-order chi connectivity index (χ0) is 30.5. The lowest BCUT2D eigenvalue weighted by Crippen LogP contribution is -2.00. The Hall–Kier alpha value is -6.40. The molecule has 0 saturated carbocycles. The first-order chi connectivity index (χ1) is 22.8. The van der Waals surface area contributed by atoms with Gasteiger partial charge in [-0.15, -0.1) is 0 Å². The van der Waals surface area contributed by atoms with Crippen LogP contribution in [0.1, 0.15) is 0 Å². The van der Waals surface area contributed by atoms with Crippen LogP contribution in [0.2, 0.25) is 0 Å². The van der Waals surface area contributed by atoms with Gasteiger partial charge in [-0.2, -0.15) is 0 Å². The molecule has 3 aromatic heterocycles. The molecule has 6 nitrogen and oxygen atoms in total. The van der Waals surface area contributed by atoms with Gasteiger partial charge in [-0.25, -0.2) is 19.9 Å². The van der Waals surface area contributed by atoms with Crippen LogP contribution in [-0.2, 0) is 0 Å². The molecule has 0 N–H and O–H groups in total. The Balaban J connectivity index is 1.18. The normalized spacial score (nSPS) is 11.5. The second-order valence-corrected chi connectivity index (χ2v) is 11.1. The highest BCUT2D eigenvalue weighted by atomic mass is 16.3. The zero-order valence-corrected chi connectivity index (χ0v) is 24.5. The molecule has 0 radical (unpaired) electrons. The second-order valence-electron chi connectivity index (χ2n) is 11.1. The van der Waals surface area contributed by atoms with E-state index in [-0.39, 0.29) is 0 Å². The summed E-state index contributed by atoms with van der Waals surface area (Å²) in [4.78, 5) is 19.8. The van der Waals surface area contributed by atoms with Gasteiger partial charge >= 0.3 is 0 Å². The third-order valence-corrected chi connectivity index (χ3v) is 8.17. The molecule has 9 aromatic rings. The molecule has 0 spiro atoms. The predicted octanol–water partition coefficient (Wildman–Crippen LogP) is 10.2. The van der Waals surface area contributed by atoms with Crippen molar-refractivity contribution >= 4 is 33.0 Å². The third kappa shape index (κ3) is 4.52. The van der Waals surface area contributed by atoms with Crippen LogP contribution >= 0.6 is 0 Å². The van der Waals surface area contributed by atoms with Gasteiger partial charge in [-0.3, -0.25) is 0 Å². The lowest BCUT2D eigenvalue weighted by Gasteiger charge is -2.10. The van der Waals surface area contributed by atoms with Crippen molar-refractivity contribution in [3.63, 3.8) is 0 Å². The molecule has 0 unspecified atom stereocenters. The van der Waals surface area contributed by atoms with Gasteiger partial charge in [0.25, 0.3) is 0 Å². The maximum Gasteiger partial charge on any atom is 0.227 e. The second kappa shape index (κ2) is 10.6. The van der Waals surface area contributed by atoms with E-state index in [0.717, 1.165) is 66.4 Å². The largest absolute Gasteiger partial charge is 0.456 e. The number of rotatable bonds is 5. The van der Waals surface area contributed by atoms with E-state index >= 15 is 0 Å². The lowest BCUT2D eigenvalue weighted by molar-refractivity contribution is 0.620. The van der Waals surface area contributed by atoms with Gasteiger partial charge in [0.1, 0.15) is 16.7 Å². The number of hydrogen-bond acceptors (Lipinski definition) is 6. The molecule has 216 valence electrons. The fourth-order valence-corrected chi connectivity index (χ4v) is 5.95. The number of benzene rings is 6. The molecule has 9 rings (SSSR count). The Morgan fingerprint density at radius 2 is 1.00 bits per heavy atom. The molecule has 0 saturated heterocycles. The van der Waals surface area contributed by atoms with E-state index in [1.807, 2.05) is 115 Å². The average Bonchev–Trinajstić information content (AvgIpc) is 3.74. The minimum Gasteiger partial charge on any atom is -0.456 e. The average molecular weight is 593 g/mol. The van der Waals surface area contributed by atoms with Crippen molar-refractivity contribution in [2.24, 2.45) is 0 Å². The summed E-state index contributed by atoms with van der Waals surface area (Å²) in [6.45, 7) is 0. The minimum atomic E-state index is 0.587. The number of para-hydroxylation sites is 1. The van der Waals surface area contributed by atoms with E-state index < -0.39 is 0 Å². The van der Waals surface area contributed by atoms with Crippen molar-refractivity contribution in [2.75, 3.05) is 0 Å². The molecule has 0 aliphatic carbocycles. The van der Waals surface area contributed by atoms with Crippen molar-refractivity contribution in [1.29, 1.82) is 0 Å². The summed E-state index contributed by atoms with van der Waals surface area (Å²) in [6, 6.07) is 48.4. The fourth-order valence-electron chi connectivity index (χ4n) is 5.95. The summed E-state index contributed by atoms with van der Waals surface area (Å²) >= 11 is 0. The van der Waals surface area contributed by atoms with Crippen molar-refractivity contribution in [3.05, 3.63) is 146 Å². The van der Waals surface area contributed by atoms with Gasteiger partial charge < -0.3 is 8.83 Å². The molecular formula is C40H24N4O2. The number of nitrogens with zero attached hydrogens (tertiary/aromatic N) is 4. The Morgan fingerprint density at radius 1 is 0.370 bits per heavy atom. The van der Waals surface area contributed by atoms with Gasteiger partial charge in [0.05, 0.1) is 0 Å². The van der Waals surface area contributed by atoms with Crippen molar-refractivity contribution in [3.8, 4) is 56.7 Å². The van der Waals surface area contributed by atoms with E-state index in [9.17, 15) is 0 Å². The Bertz CT molecular complexity index is 2540. The highest BCUT2D eigenvalue weighted by Gasteiger charge is 2.18. The molecule has 3 heterocycles. The zero-order valence-electron chi connectivity index (χ0n) is 24.5. The highest BCUT2D eigenvalue weighted by Crippen LogP contribution is 2.37. The maximum atomic E-state index is 6.18. The quantitative estimate of drug-likeness (QED) is 0.198. The predicted molar refractivity (Wildman–Crippen MR) is 182 cm³/mol. The number of aromatic nitrogens is 4. The van der Waals surface area contributed by atoms with E-state index in [0.29, 0.717) is 23.4 Å². The van der Waals surface area contributed by atoms with Crippen LogP contribution in [0, 0.1) is 0 Å². The fraction of sp³-hybridized carbons (Fsp3) is 0. The third-order valence-electron chi connectivity index (χ3n) is 8.17. The molecule has 0 amide bonds. The van der Waals surface area contributed by atoms with Gasteiger partial charge in [0.2, 0.25) is 5.89 Å². The topological polar surface area (TPSA) is 77.8 Å². The number of fused-ring (bicyclic) bond motifs is 4.